The summed E-state index contributed by atoms with van der Waals surface area (Å²) in [5.41, 5.74) is 2.66. The second-order valence-corrected chi connectivity index (χ2v) is 5.53. The number of hydrogen-bond donors (Lipinski definition) is 1. The molecule has 4 nitrogen and oxygen atoms in total. The number of nitrogens with one attached hydrogen (secondary N) is 1. The van der Waals surface area contributed by atoms with Crippen LogP contribution in [0.15, 0.2) is 73.5 Å². The van der Waals surface area contributed by atoms with E-state index in [2.05, 4.69) is 35.0 Å². The van der Waals surface area contributed by atoms with Crippen LogP contribution in [-0.2, 0) is 0 Å². The number of rotatable bonds is 8. The standard InChI is InChI=1S/C19H20N4S/c1-5-9-11-15(10-6-2)21-19-22-16(14-24-19)17-13-20-18(8-4)23(17)12-7-3/h5-14H,1-2,4H2,3H3,(H,21,22)/b11-9-,12-7-,15-10+. The molecule has 0 atom stereocenters. The van der Waals surface area contributed by atoms with E-state index in [9.17, 15) is 0 Å². The fraction of sp³-hybridized carbons (Fsp3) is 0.0526. The van der Waals surface area contributed by atoms with Crippen molar-refractivity contribution in [2.45, 2.75) is 6.92 Å². The van der Waals surface area contributed by atoms with E-state index in [0.717, 1.165) is 28.0 Å². The summed E-state index contributed by atoms with van der Waals surface area (Å²) in [7, 11) is 0. The maximum atomic E-state index is 4.64. The van der Waals surface area contributed by atoms with Crippen LogP contribution in [-0.4, -0.2) is 14.5 Å². The highest BCUT2D eigenvalue weighted by molar-refractivity contribution is 7.14. The number of hydrogen-bond acceptors (Lipinski definition) is 4. The monoisotopic (exact) mass is 336 g/mol. The van der Waals surface area contributed by atoms with Gasteiger partial charge >= 0.3 is 0 Å². The van der Waals surface area contributed by atoms with Gasteiger partial charge in [-0.25, -0.2) is 9.97 Å². The van der Waals surface area contributed by atoms with Crippen molar-refractivity contribution in [3.8, 4) is 11.4 Å². The second kappa shape index (κ2) is 8.64. The maximum Gasteiger partial charge on any atom is 0.187 e. The SMILES string of the molecule is C=C/C=C\C(=C/C=C)Nc1nc(-c2cnc(C=C)n2/C=C\C)cs1. The van der Waals surface area contributed by atoms with Gasteiger partial charge in [-0.05, 0) is 25.2 Å². The molecule has 5 heteroatoms. The normalized spacial score (nSPS) is 12.0. The summed E-state index contributed by atoms with van der Waals surface area (Å²) in [4.78, 5) is 9.01. The second-order valence-electron chi connectivity index (χ2n) is 4.67. The van der Waals surface area contributed by atoms with Crippen LogP contribution < -0.4 is 5.32 Å². The van der Waals surface area contributed by atoms with Crippen LogP contribution in [0.2, 0.25) is 0 Å². The summed E-state index contributed by atoms with van der Waals surface area (Å²) in [6, 6.07) is 0. The van der Waals surface area contributed by atoms with Gasteiger partial charge in [0, 0.05) is 17.3 Å². The first kappa shape index (κ1) is 17.4. The first-order valence-corrected chi connectivity index (χ1v) is 8.28. The van der Waals surface area contributed by atoms with E-state index < -0.39 is 0 Å². The largest absolute Gasteiger partial charge is 0.332 e. The highest BCUT2D eigenvalue weighted by Gasteiger charge is 2.11. The van der Waals surface area contributed by atoms with E-state index in [1.165, 1.54) is 11.3 Å². The number of allylic oxidation sites excluding steroid dienone is 6. The molecule has 24 heavy (non-hydrogen) atoms. The van der Waals surface area contributed by atoms with Gasteiger partial charge in [0.05, 0.1) is 11.9 Å². The quantitative estimate of drug-likeness (QED) is 0.660. The lowest BCUT2D eigenvalue weighted by Gasteiger charge is -2.03. The Morgan fingerprint density at radius 1 is 1.29 bits per heavy atom. The van der Waals surface area contributed by atoms with Crippen LogP contribution in [0.25, 0.3) is 23.7 Å². The smallest absolute Gasteiger partial charge is 0.187 e. The molecule has 0 bridgehead atoms. The number of nitrogens with zero attached hydrogens (tertiary/aromatic N) is 3. The Kier molecular flexibility index (Phi) is 6.28. The van der Waals surface area contributed by atoms with E-state index in [4.69, 9.17) is 0 Å². The van der Waals surface area contributed by atoms with Crippen LogP contribution in [0.3, 0.4) is 0 Å². The molecule has 2 heterocycles. The first-order chi connectivity index (χ1) is 11.7. The van der Waals surface area contributed by atoms with Gasteiger partial charge in [0.25, 0.3) is 0 Å². The summed E-state index contributed by atoms with van der Waals surface area (Å²) in [6.45, 7) is 13.2. The summed E-state index contributed by atoms with van der Waals surface area (Å²) in [5, 5.41) is 6.06. The zero-order chi connectivity index (χ0) is 17.4. The molecule has 0 aliphatic rings. The lowest BCUT2D eigenvalue weighted by molar-refractivity contribution is 1.10. The molecule has 0 aliphatic carbocycles. The van der Waals surface area contributed by atoms with Gasteiger partial charge in [-0.3, -0.25) is 4.57 Å². The van der Waals surface area contributed by atoms with Crippen LogP contribution in [0.4, 0.5) is 5.13 Å². The minimum Gasteiger partial charge on any atom is -0.332 e. The molecule has 122 valence electrons. The van der Waals surface area contributed by atoms with Gasteiger partial charge in [0.15, 0.2) is 5.13 Å². The Labute approximate surface area is 146 Å². The minimum absolute atomic E-state index is 0.784. The van der Waals surface area contributed by atoms with Gasteiger partial charge in [-0.2, -0.15) is 0 Å². The molecule has 0 fully saturated rings. The third-order valence-electron chi connectivity index (χ3n) is 3.03. The van der Waals surface area contributed by atoms with E-state index in [0.29, 0.717) is 0 Å². The van der Waals surface area contributed by atoms with E-state index in [1.54, 1.807) is 24.4 Å². The third-order valence-corrected chi connectivity index (χ3v) is 3.79. The molecule has 0 aliphatic heterocycles. The lowest BCUT2D eigenvalue weighted by Crippen LogP contribution is -1.97. The van der Waals surface area contributed by atoms with Crippen molar-refractivity contribution >= 4 is 28.7 Å². The van der Waals surface area contributed by atoms with Crippen molar-refractivity contribution in [3.63, 3.8) is 0 Å². The van der Waals surface area contributed by atoms with Gasteiger partial charge in [0.1, 0.15) is 11.5 Å². The Morgan fingerprint density at radius 2 is 2.12 bits per heavy atom. The molecule has 0 unspecified atom stereocenters. The van der Waals surface area contributed by atoms with Gasteiger partial charge in [-0.1, -0.05) is 44.0 Å². The van der Waals surface area contributed by atoms with Gasteiger partial charge < -0.3 is 5.32 Å². The highest BCUT2D eigenvalue weighted by Crippen LogP contribution is 2.27. The predicted molar refractivity (Wildman–Crippen MR) is 106 cm³/mol. The van der Waals surface area contributed by atoms with Crippen molar-refractivity contribution < 1.29 is 0 Å². The number of anilines is 1. The third kappa shape index (κ3) is 4.08. The van der Waals surface area contributed by atoms with E-state index >= 15 is 0 Å². The highest BCUT2D eigenvalue weighted by atomic mass is 32.1. The van der Waals surface area contributed by atoms with Crippen molar-refractivity contribution in [1.29, 1.82) is 0 Å². The zero-order valence-corrected chi connectivity index (χ0v) is 14.5. The maximum absolute atomic E-state index is 4.64. The molecule has 0 spiro atoms. The van der Waals surface area contributed by atoms with Crippen molar-refractivity contribution in [3.05, 3.63) is 79.3 Å². The van der Waals surface area contributed by atoms with Crippen LogP contribution in [0, 0.1) is 0 Å². The first-order valence-electron chi connectivity index (χ1n) is 7.40. The van der Waals surface area contributed by atoms with Crippen LogP contribution in [0.5, 0.6) is 0 Å². The fourth-order valence-corrected chi connectivity index (χ4v) is 2.76. The van der Waals surface area contributed by atoms with E-state index in [1.807, 2.05) is 47.4 Å². The molecular formula is C19H20N4S. The number of aromatic nitrogens is 3. The minimum atomic E-state index is 0.784. The molecule has 2 rings (SSSR count). The molecule has 0 saturated heterocycles. The molecule has 0 radical (unpaired) electrons. The Balaban J connectivity index is 2.31. The summed E-state index contributed by atoms with van der Waals surface area (Å²) in [5.74, 6) is 0.784. The Hall–Kier alpha value is -2.92. The average molecular weight is 336 g/mol. The fourth-order valence-electron chi connectivity index (χ4n) is 2.03. The average Bonchev–Trinajstić information content (AvgIpc) is 3.19. The molecule has 2 aromatic heterocycles. The van der Waals surface area contributed by atoms with Crippen LogP contribution >= 0.6 is 11.3 Å². The summed E-state index contributed by atoms with van der Waals surface area (Å²) < 4.78 is 1.96. The lowest BCUT2D eigenvalue weighted by atomic mass is 10.3. The zero-order valence-electron chi connectivity index (χ0n) is 13.6. The Bertz CT molecular complexity index is 818. The Morgan fingerprint density at radius 3 is 2.79 bits per heavy atom. The molecular weight excluding hydrogens is 316 g/mol. The summed E-state index contributed by atoms with van der Waals surface area (Å²) >= 11 is 1.53. The predicted octanol–water partition coefficient (Wildman–Crippen LogP) is 5.36. The topological polar surface area (TPSA) is 42.7 Å². The molecule has 0 saturated carbocycles. The van der Waals surface area contributed by atoms with Crippen LogP contribution in [0.1, 0.15) is 12.7 Å². The van der Waals surface area contributed by atoms with Gasteiger partial charge in [-0.15, -0.1) is 11.3 Å². The van der Waals surface area contributed by atoms with Crippen molar-refractivity contribution in [2.75, 3.05) is 5.32 Å². The molecule has 2 aromatic rings. The van der Waals surface area contributed by atoms with Gasteiger partial charge in [0.2, 0.25) is 0 Å². The molecule has 1 N–H and O–H groups in total. The van der Waals surface area contributed by atoms with E-state index in [-0.39, 0.29) is 0 Å². The summed E-state index contributed by atoms with van der Waals surface area (Å²) in [6.07, 6.45) is 16.5. The van der Waals surface area contributed by atoms with Crippen molar-refractivity contribution in [2.24, 2.45) is 0 Å². The number of imidazole rings is 1. The number of thiazole rings is 1. The molecule has 0 aromatic carbocycles. The molecule has 0 amide bonds. The van der Waals surface area contributed by atoms with Crippen molar-refractivity contribution in [1.82, 2.24) is 14.5 Å².